The molecule has 3 aromatic carbocycles. The average molecular weight is 427 g/mol. The van der Waals surface area contributed by atoms with E-state index in [9.17, 15) is 4.79 Å². The Bertz CT molecular complexity index is 1260. The summed E-state index contributed by atoms with van der Waals surface area (Å²) in [6, 6.07) is 21.6. The number of hydrogen-bond donors (Lipinski definition) is 0. The van der Waals surface area contributed by atoms with Gasteiger partial charge in [0.15, 0.2) is 5.58 Å². The number of amides is 1. The number of carbonyl (C=O) groups is 1. The van der Waals surface area contributed by atoms with Crippen LogP contribution < -0.4 is 4.74 Å². The van der Waals surface area contributed by atoms with E-state index in [1.165, 1.54) is 5.56 Å². The highest BCUT2D eigenvalue weighted by Gasteiger charge is 2.34. The van der Waals surface area contributed by atoms with Crippen molar-refractivity contribution in [2.75, 3.05) is 13.7 Å². The maximum atomic E-state index is 13.2. The maximum Gasteiger partial charge on any atom is 0.254 e. The van der Waals surface area contributed by atoms with Gasteiger partial charge in [0.1, 0.15) is 17.3 Å². The second kappa shape index (κ2) is 8.50. The number of aromatic nitrogens is 1. The third kappa shape index (κ3) is 3.64. The minimum atomic E-state index is -0.143. The minimum absolute atomic E-state index is 0.0344. The summed E-state index contributed by atoms with van der Waals surface area (Å²) in [5.41, 5.74) is 5.48. The SMILES string of the molecule is CCc1ccc(C(=O)N2CCC[C@@H]2c2nc3cc(-c4ccccc4OC)ccc3o2)cc1. The summed E-state index contributed by atoms with van der Waals surface area (Å²) in [7, 11) is 1.67. The number of rotatable bonds is 5. The number of benzene rings is 3. The molecule has 0 radical (unpaired) electrons. The third-order valence-corrected chi connectivity index (χ3v) is 6.23. The fourth-order valence-corrected chi connectivity index (χ4v) is 4.45. The standard InChI is InChI=1S/C27H26N2O3/c1-3-18-10-12-19(13-11-18)27(30)29-16-6-8-23(29)26-28-22-17-20(14-15-25(22)32-26)21-7-4-5-9-24(21)31-2/h4-5,7,9-15,17,23H,3,6,8,16H2,1-2H3/t23-/m1/s1. The number of hydrogen-bond acceptors (Lipinski definition) is 4. The summed E-state index contributed by atoms with van der Waals surface area (Å²) < 4.78 is 11.6. The van der Waals surface area contributed by atoms with E-state index in [0.717, 1.165) is 47.2 Å². The smallest absolute Gasteiger partial charge is 0.254 e. The van der Waals surface area contributed by atoms with Crippen molar-refractivity contribution < 1.29 is 13.9 Å². The molecule has 0 saturated carbocycles. The number of carbonyl (C=O) groups excluding carboxylic acids is 1. The summed E-state index contributed by atoms with van der Waals surface area (Å²) in [5.74, 6) is 1.46. The molecular weight excluding hydrogens is 400 g/mol. The van der Waals surface area contributed by atoms with Crippen molar-refractivity contribution in [3.63, 3.8) is 0 Å². The summed E-state index contributed by atoms with van der Waals surface area (Å²) in [4.78, 5) is 19.9. The molecule has 32 heavy (non-hydrogen) atoms. The van der Waals surface area contributed by atoms with Crippen LogP contribution in [-0.2, 0) is 6.42 Å². The van der Waals surface area contributed by atoms with E-state index in [1.807, 2.05) is 71.6 Å². The Balaban J connectivity index is 1.45. The van der Waals surface area contributed by atoms with E-state index < -0.39 is 0 Å². The van der Waals surface area contributed by atoms with Crippen LogP contribution in [-0.4, -0.2) is 29.4 Å². The van der Waals surface area contributed by atoms with Crippen molar-refractivity contribution in [3.05, 3.63) is 83.7 Å². The Kier molecular flexibility index (Phi) is 5.39. The molecular formula is C27H26N2O3. The van der Waals surface area contributed by atoms with Crippen LogP contribution in [0.25, 0.3) is 22.2 Å². The lowest BCUT2D eigenvalue weighted by Gasteiger charge is -2.22. The van der Waals surface area contributed by atoms with Crippen molar-refractivity contribution in [1.29, 1.82) is 0 Å². The zero-order valence-electron chi connectivity index (χ0n) is 18.4. The fraction of sp³-hybridized carbons (Fsp3) is 0.259. The van der Waals surface area contributed by atoms with Gasteiger partial charge in [0.2, 0.25) is 5.89 Å². The normalized spacial score (nSPS) is 15.9. The van der Waals surface area contributed by atoms with Crippen LogP contribution in [0.5, 0.6) is 5.75 Å². The van der Waals surface area contributed by atoms with Gasteiger partial charge in [-0.25, -0.2) is 4.98 Å². The van der Waals surface area contributed by atoms with Crippen molar-refractivity contribution >= 4 is 17.0 Å². The quantitative estimate of drug-likeness (QED) is 0.390. The van der Waals surface area contributed by atoms with Crippen LogP contribution in [0, 0.1) is 0 Å². The molecule has 1 aromatic heterocycles. The highest BCUT2D eigenvalue weighted by molar-refractivity contribution is 5.94. The Morgan fingerprint density at radius 2 is 1.94 bits per heavy atom. The average Bonchev–Trinajstić information content (AvgIpc) is 3.50. The highest BCUT2D eigenvalue weighted by atomic mass is 16.5. The Hall–Kier alpha value is -3.60. The number of methoxy groups -OCH3 is 1. The number of fused-ring (bicyclic) bond motifs is 1. The molecule has 0 N–H and O–H groups in total. The minimum Gasteiger partial charge on any atom is -0.496 e. The van der Waals surface area contributed by atoms with Gasteiger partial charge < -0.3 is 14.1 Å². The van der Waals surface area contributed by atoms with Crippen molar-refractivity contribution in [2.24, 2.45) is 0 Å². The van der Waals surface area contributed by atoms with Gasteiger partial charge in [0, 0.05) is 17.7 Å². The first-order chi connectivity index (χ1) is 15.7. The molecule has 1 atom stereocenters. The Morgan fingerprint density at radius 3 is 2.72 bits per heavy atom. The van der Waals surface area contributed by atoms with Crippen LogP contribution in [0.2, 0.25) is 0 Å². The van der Waals surface area contributed by atoms with E-state index in [-0.39, 0.29) is 11.9 Å². The molecule has 5 rings (SSSR count). The van der Waals surface area contributed by atoms with Crippen LogP contribution in [0.1, 0.15) is 47.6 Å². The first kappa shape index (κ1) is 20.3. The molecule has 0 bridgehead atoms. The molecule has 0 aliphatic carbocycles. The zero-order chi connectivity index (χ0) is 22.1. The Morgan fingerprint density at radius 1 is 1.12 bits per heavy atom. The lowest BCUT2D eigenvalue weighted by Crippen LogP contribution is -2.30. The molecule has 162 valence electrons. The molecule has 1 saturated heterocycles. The second-order valence-electron chi connectivity index (χ2n) is 8.14. The number of likely N-dealkylation sites (tertiary alicyclic amines) is 1. The van der Waals surface area contributed by atoms with Gasteiger partial charge in [0.05, 0.1) is 7.11 Å². The summed E-state index contributed by atoms with van der Waals surface area (Å²) in [6.07, 6.45) is 2.75. The number of ether oxygens (including phenoxy) is 1. The summed E-state index contributed by atoms with van der Waals surface area (Å²) in [6.45, 7) is 2.82. The first-order valence-electron chi connectivity index (χ1n) is 11.1. The monoisotopic (exact) mass is 426 g/mol. The molecule has 2 heterocycles. The molecule has 1 amide bonds. The zero-order valence-corrected chi connectivity index (χ0v) is 18.4. The van der Waals surface area contributed by atoms with Gasteiger partial charge in [-0.05, 0) is 60.7 Å². The molecule has 0 spiro atoms. The van der Waals surface area contributed by atoms with E-state index in [2.05, 4.69) is 6.92 Å². The molecule has 4 aromatic rings. The van der Waals surface area contributed by atoms with Crippen molar-refractivity contribution in [3.8, 4) is 16.9 Å². The molecule has 0 unspecified atom stereocenters. The van der Waals surface area contributed by atoms with E-state index in [1.54, 1.807) is 7.11 Å². The van der Waals surface area contributed by atoms with Gasteiger partial charge in [-0.1, -0.05) is 43.3 Å². The molecule has 1 fully saturated rings. The predicted octanol–water partition coefficient (Wildman–Crippen LogP) is 6.04. The van der Waals surface area contributed by atoms with Gasteiger partial charge >= 0.3 is 0 Å². The van der Waals surface area contributed by atoms with Gasteiger partial charge in [0.25, 0.3) is 5.91 Å². The predicted molar refractivity (Wildman–Crippen MR) is 125 cm³/mol. The van der Waals surface area contributed by atoms with Crippen LogP contribution in [0.3, 0.4) is 0 Å². The van der Waals surface area contributed by atoms with E-state index >= 15 is 0 Å². The third-order valence-electron chi connectivity index (χ3n) is 6.23. The van der Waals surface area contributed by atoms with E-state index in [4.69, 9.17) is 14.1 Å². The lowest BCUT2D eigenvalue weighted by atomic mass is 10.0. The number of para-hydroxylation sites is 1. The molecule has 1 aliphatic heterocycles. The number of nitrogens with zero attached hydrogens (tertiary/aromatic N) is 2. The molecule has 5 nitrogen and oxygen atoms in total. The highest BCUT2D eigenvalue weighted by Crippen LogP contribution is 2.36. The van der Waals surface area contributed by atoms with Crippen molar-refractivity contribution in [1.82, 2.24) is 9.88 Å². The Labute approximate surface area is 187 Å². The summed E-state index contributed by atoms with van der Waals surface area (Å²) in [5, 5.41) is 0. The maximum absolute atomic E-state index is 13.2. The molecule has 5 heteroatoms. The number of oxazole rings is 1. The van der Waals surface area contributed by atoms with Crippen molar-refractivity contribution in [2.45, 2.75) is 32.2 Å². The lowest BCUT2D eigenvalue weighted by molar-refractivity contribution is 0.0717. The van der Waals surface area contributed by atoms with Gasteiger partial charge in [-0.15, -0.1) is 0 Å². The summed E-state index contributed by atoms with van der Waals surface area (Å²) >= 11 is 0. The topological polar surface area (TPSA) is 55.6 Å². The van der Waals surface area contributed by atoms with E-state index in [0.29, 0.717) is 18.0 Å². The molecule has 1 aliphatic rings. The first-order valence-corrected chi connectivity index (χ1v) is 11.1. The second-order valence-corrected chi connectivity index (χ2v) is 8.14. The largest absolute Gasteiger partial charge is 0.496 e. The van der Waals surface area contributed by atoms with Crippen LogP contribution >= 0.6 is 0 Å². The van der Waals surface area contributed by atoms with Crippen LogP contribution in [0.15, 0.2) is 71.1 Å². The number of aryl methyl sites for hydroxylation is 1. The van der Waals surface area contributed by atoms with Gasteiger partial charge in [-0.3, -0.25) is 4.79 Å². The van der Waals surface area contributed by atoms with Crippen LogP contribution in [0.4, 0.5) is 0 Å². The fourth-order valence-electron chi connectivity index (χ4n) is 4.45. The van der Waals surface area contributed by atoms with Gasteiger partial charge in [-0.2, -0.15) is 0 Å².